The average molecular weight is 288 g/mol. The number of aryl methyl sites for hydroxylation is 1. The first kappa shape index (κ1) is 15.7. The molecular formula is C18H25FN2. The minimum absolute atomic E-state index is 0.157. The number of anilines is 1. The van der Waals surface area contributed by atoms with E-state index < -0.39 is 0 Å². The second kappa shape index (κ2) is 6.42. The van der Waals surface area contributed by atoms with Crippen LogP contribution in [0.1, 0.15) is 57.1 Å². The molecule has 114 valence electrons. The highest BCUT2D eigenvalue weighted by Gasteiger charge is 2.28. The van der Waals surface area contributed by atoms with Crippen LogP contribution >= 0.6 is 0 Å². The van der Waals surface area contributed by atoms with Crippen LogP contribution in [0, 0.1) is 5.82 Å². The lowest BCUT2D eigenvalue weighted by molar-refractivity contribution is 0.596. The van der Waals surface area contributed by atoms with Crippen molar-refractivity contribution in [1.29, 1.82) is 0 Å². The summed E-state index contributed by atoms with van der Waals surface area (Å²) in [4.78, 5) is 6.24. The number of aliphatic imine (C=N–C) groups is 1. The number of rotatable bonds is 4. The summed E-state index contributed by atoms with van der Waals surface area (Å²) in [6, 6.07) is 3.54. The Morgan fingerprint density at radius 1 is 1.43 bits per heavy atom. The Hall–Kier alpha value is -1.64. The van der Waals surface area contributed by atoms with E-state index in [1.807, 2.05) is 31.9 Å². The smallest absolute Gasteiger partial charge is 0.147 e. The summed E-state index contributed by atoms with van der Waals surface area (Å²) in [6.07, 6.45) is 4.43. The van der Waals surface area contributed by atoms with Crippen LogP contribution in [-0.4, -0.2) is 12.9 Å². The van der Waals surface area contributed by atoms with Crippen molar-refractivity contribution >= 4 is 11.5 Å². The maximum atomic E-state index is 14.5. The summed E-state index contributed by atoms with van der Waals surface area (Å²) in [6.45, 7) is 9.74. The lowest BCUT2D eigenvalue weighted by Crippen LogP contribution is -2.26. The number of hydrogen-bond acceptors (Lipinski definition) is 1. The van der Waals surface area contributed by atoms with Gasteiger partial charge in [0.1, 0.15) is 11.7 Å². The predicted octanol–water partition coefficient (Wildman–Crippen LogP) is 5.04. The third kappa shape index (κ3) is 3.17. The fourth-order valence-electron chi connectivity index (χ4n) is 3.26. The average Bonchev–Trinajstić information content (AvgIpc) is 2.81. The van der Waals surface area contributed by atoms with Gasteiger partial charge in [0.15, 0.2) is 0 Å². The molecule has 0 spiro atoms. The third-order valence-electron chi connectivity index (χ3n) is 4.24. The molecule has 2 nitrogen and oxygen atoms in total. The molecular weight excluding hydrogens is 263 g/mol. The van der Waals surface area contributed by atoms with Gasteiger partial charge in [-0.05, 0) is 56.2 Å². The Kier molecular flexibility index (Phi) is 4.81. The highest BCUT2D eigenvalue weighted by molar-refractivity contribution is 5.97. The number of fused-ring (bicyclic) bond motifs is 1. The van der Waals surface area contributed by atoms with E-state index >= 15 is 0 Å². The highest BCUT2D eigenvalue weighted by atomic mass is 19.1. The number of halogens is 1. The molecule has 1 atom stereocenters. The molecule has 0 N–H and O–H groups in total. The molecule has 0 fully saturated rings. The molecule has 1 aromatic rings. The summed E-state index contributed by atoms with van der Waals surface area (Å²) in [5, 5.41) is 0. The van der Waals surface area contributed by atoms with Gasteiger partial charge in [0.2, 0.25) is 0 Å². The standard InChI is InChI=1S/C18H25FN2/c1-6-7-14-8-9-15-10-11-16(19)18(17(14)15)21(5)13(4)20-12(2)3/h10-11,14H,2,6-9H2,1,3-5H3. The molecule has 0 radical (unpaired) electrons. The largest absolute Gasteiger partial charge is 0.331 e. The summed E-state index contributed by atoms with van der Waals surface area (Å²) >= 11 is 0. The van der Waals surface area contributed by atoms with E-state index in [0.717, 1.165) is 37.2 Å². The van der Waals surface area contributed by atoms with Gasteiger partial charge in [-0.25, -0.2) is 9.38 Å². The van der Waals surface area contributed by atoms with Gasteiger partial charge in [-0.2, -0.15) is 0 Å². The van der Waals surface area contributed by atoms with Crippen LogP contribution < -0.4 is 4.90 Å². The first-order valence-electron chi connectivity index (χ1n) is 7.71. The zero-order valence-corrected chi connectivity index (χ0v) is 13.5. The molecule has 0 amide bonds. The fraction of sp³-hybridized carbons (Fsp3) is 0.500. The van der Waals surface area contributed by atoms with Gasteiger partial charge < -0.3 is 4.90 Å². The van der Waals surface area contributed by atoms with Crippen molar-refractivity contribution in [2.75, 3.05) is 11.9 Å². The summed E-state index contributed by atoms with van der Waals surface area (Å²) < 4.78 is 14.5. The van der Waals surface area contributed by atoms with E-state index in [1.54, 1.807) is 6.07 Å². The van der Waals surface area contributed by atoms with Crippen molar-refractivity contribution < 1.29 is 4.39 Å². The normalized spacial score (nSPS) is 17.8. The van der Waals surface area contributed by atoms with E-state index in [1.165, 1.54) is 11.1 Å². The Balaban J connectivity index is 2.49. The van der Waals surface area contributed by atoms with Crippen molar-refractivity contribution in [1.82, 2.24) is 0 Å². The molecule has 0 heterocycles. The maximum absolute atomic E-state index is 14.5. The Bertz CT molecular complexity index is 573. The first-order chi connectivity index (χ1) is 9.95. The number of amidine groups is 1. The van der Waals surface area contributed by atoms with E-state index in [9.17, 15) is 4.39 Å². The van der Waals surface area contributed by atoms with Crippen LogP contribution in [0.3, 0.4) is 0 Å². The SMILES string of the molecule is C=C(C)N=C(C)N(C)c1c(F)ccc2c1C(CCC)CC2. The third-order valence-corrected chi connectivity index (χ3v) is 4.24. The number of benzene rings is 1. The Morgan fingerprint density at radius 2 is 2.14 bits per heavy atom. The van der Waals surface area contributed by atoms with Crippen LogP contribution in [-0.2, 0) is 6.42 Å². The predicted molar refractivity (Wildman–Crippen MR) is 88.7 cm³/mol. The summed E-state index contributed by atoms with van der Waals surface area (Å²) in [7, 11) is 1.89. The molecule has 0 aromatic heterocycles. The first-order valence-corrected chi connectivity index (χ1v) is 7.71. The summed E-state index contributed by atoms with van der Waals surface area (Å²) in [5.41, 5.74) is 3.92. The monoisotopic (exact) mass is 288 g/mol. The second-order valence-corrected chi connectivity index (χ2v) is 5.95. The van der Waals surface area contributed by atoms with Gasteiger partial charge in [0, 0.05) is 12.7 Å². The molecule has 0 saturated heterocycles. The van der Waals surface area contributed by atoms with Crippen LogP contribution in [0.2, 0.25) is 0 Å². The molecule has 1 unspecified atom stereocenters. The van der Waals surface area contributed by atoms with Gasteiger partial charge in [0.05, 0.1) is 5.69 Å². The summed E-state index contributed by atoms with van der Waals surface area (Å²) in [5.74, 6) is 1.09. The zero-order valence-electron chi connectivity index (χ0n) is 13.5. The van der Waals surface area contributed by atoms with Gasteiger partial charge in [0.25, 0.3) is 0 Å². The number of nitrogens with zero attached hydrogens (tertiary/aromatic N) is 2. The van der Waals surface area contributed by atoms with E-state index in [2.05, 4.69) is 18.5 Å². The van der Waals surface area contributed by atoms with Crippen molar-refractivity contribution in [3.8, 4) is 0 Å². The number of hydrogen-bond donors (Lipinski definition) is 0. The molecule has 1 aliphatic rings. The van der Waals surface area contributed by atoms with Gasteiger partial charge in [-0.3, -0.25) is 0 Å². The zero-order chi connectivity index (χ0) is 15.6. The lowest BCUT2D eigenvalue weighted by atomic mass is 9.94. The van der Waals surface area contributed by atoms with E-state index in [-0.39, 0.29) is 5.82 Å². The molecule has 1 aromatic carbocycles. The molecule has 1 aliphatic carbocycles. The topological polar surface area (TPSA) is 15.6 Å². The molecule has 0 aliphatic heterocycles. The maximum Gasteiger partial charge on any atom is 0.147 e. The van der Waals surface area contributed by atoms with Crippen molar-refractivity contribution in [3.63, 3.8) is 0 Å². The van der Waals surface area contributed by atoms with Crippen LogP contribution in [0.15, 0.2) is 29.4 Å². The van der Waals surface area contributed by atoms with Gasteiger partial charge >= 0.3 is 0 Å². The minimum Gasteiger partial charge on any atom is -0.331 e. The molecule has 2 rings (SSSR count). The highest BCUT2D eigenvalue weighted by Crippen LogP contribution is 2.43. The number of allylic oxidation sites excluding steroid dienone is 1. The Morgan fingerprint density at radius 3 is 2.76 bits per heavy atom. The minimum atomic E-state index is -0.157. The van der Waals surface area contributed by atoms with Crippen LogP contribution in [0.25, 0.3) is 0 Å². The van der Waals surface area contributed by atoms with E-state index in [0.29, 0.717) is 11.6 Å². The molecule has 0 bridgehead atoms. The van der Waals surface area contributed by atoms with Crippen LogP contribution in [0.5, 0.6) is 0 Å². The van der Waals surface area contributed by atoms with Crippen molar-refractivity contribution in [3.05, 3.63) is 41.4 Å². The van der Waals surface area contributed by atoms with Crippen molar-refractivity contribution in [2.45, 2.75) is 52.4 Å². The Labute approximate surface area is 127 Å². The van der Waals surface area contributed by atoms with Gasteiger partial charge in [-0.1, -0.05) is 26.0 Å². The quantitative estimate of drug-likeness (QED) is 0.559. The molecule has 3 heteroatoms. The van der Waals surface area contributed by atoms with Crippen LogP contribution in [0.4, 0.5) is 10.1 Å². The van der Waals surface area contributed by atoms with Gasteiger partial charge in [-0.15, -0.1) is 0 Å². The second-order valence-electron chi connectivity index (χ2n) is 5.95. The fourth-order valence-corrected chi connectivity index (χ4v) is 3.26. The van der Waals surface area contributed by atoms with Crippen molar-refractivity contribution in [2.24, 2.45) is 4.99 Å². The lowest BCUT2D eigenvalue weighted by Gasteiger charge is -2.25. The molecule has 0 saturated carbocycles. The van der Waals surface area contributed by atoms with E-state index in [4.69, 9.17) is 0 Å². The molecule has 21 heavy (non-hydrogen) atoms.